The second-order valence-corrected chi connectivity index (χ2v) is 10.2. The minimum Gasteiger partial charge on any atom is -0.472 e. The molecular formula is C25H40O2. The molecule has 1 aromatic heterocycles. The molecule has 0 aliphatic heterocycles. The molecule has 1 N–H and O–H groups in total. The maximum absolute atomic E-state index is 9.94. The molecule has 0 spiro atoms. The highest BCUT2D eigenvalue weighted by molar-refractivity contribution is 5.25. The molecule has 0 radical (unpaired) electrons. The first-order valence-corrected chi connectivity index (χ1v) is 11.2. The first-order valence-electron chi connectivity index (χ1n) is 11.2. The highest BCUT2D eigenvalue weighted by Gasteiger charge is 2.47. The van der Waals surface area contributed by atoms with E-state index in [1.807, 2.05) is 6.26 Å². The van der Waals surface area contributed by atoms with Crippen molar-refractivity contribution in [2.24, 2.45) is 28.6 Å². The zero-order chi connectivity index (χ0) is 19.5. The number of furan rings is 1. The zero-order valence-electron chi connectivity index (χ0n) is 18.0. The van der Waals surface area contributed by atoms with Gasteiger partial charge in [-0.1, -0.05) is 39.3 Å². The molecule has 2 nitrogen and oxygen atoms in total. The molecule has 1 saturated carbocycles. The summed E-state index contributed by atoms with van der Waals surface area (Å²) in [6.07, 6.45) is 17.2. The van der Waals surface area contributed by atoms with Crippen molar-refractivity contribution in [2.45, 2.75) is 85.5 Å². The van der Waals surface area contributed by atoms with Crippen molar-refractivity contribution in [1.29, 1.82) is 0 Å². The Balaban J connectivity index is 1.60. The van der Waals surface area contributed by atoms with Gasteiger partial charge in [0.1, 0.15) is 0 Å². The van der Waals surface area contributed by atoms with Crippen molar-refractivity contribution in [3.63, 3.8) is 0 Å². The Kier molecular flexibility index (Phi) is 6.56. The van der Waals surface area contributed by atoms with Gasteiger partial charge in [-0.2, -0.15) is 0 Å². The zero-order valence-corrected chi connectivity index (χ0v) is 18.0. The van der Waals surface area contributed by atoms with Crippen molar-refractivity contribution in [3.8, 4) is 0 Å². The van der Waals surface area contributed by atoms with Gasteiger partial charge in [-0.05, 0) is 98.0 Å². The van der Waals surface area contributed by atoms with Crippen LogP contribution in [0.4, 0.5) is 0 Å². The van der Waals surface area contributed by atoms with Crippen LogP contribution in [0.25, 0.3) is 0 Å². The van der Waals surface area contributed by atoms with Crippen LogP contribution in [-0.4, -0.2) is 11.7 Å². The summed E-state index contributed by atoms with van der Waals surface area (Å²) in [5.74, 6) is 1.94. The van der Waals surface area contributed by atoms with Gasteiger partial charge in [-0.3, -0.25) is 0 Å². The number of allylic oxidation sites excluding steroid dienone is 2. The van der Waals surface area contributed by atoms with Crippen molar-refractivity contribution in [1.82, 2.24) is 0 Å². The van der Waals surface area contributed by atoms with Gasteiger partial charge in [0, 0.05) is 6.61 Å². The van der Waals surface area contributed by atoms with Gasteiger partial charge in [0.15, 0.2) is 0 Å². The molecule has 0 amide bonds. The van der Waals surface area contributed by atoms with E-state index in [-0.39, 0.29) is 0 Å². The summed E-state index contributed by atoms with van der Waals surface area (Å²) in [6.45, 7) is 10.3. The summed E-state index contributed by atoms with van der Waals surface area (Å²) in [7, 11) is 0. The van der Waals surface area contributed by atoms with E-state index >= 15 is 0 Å². The highest BCUT2D eigenvalue weighted by atomic mass is 16.3. The predicted octanol–water partition coefficient (Wildman–Crippen LogP) is 6.79. The summed E-state index contributed by atoms with van der Waals surface area (Å²) in [6, 6.07) is 2.05. The van der Waals surface area contributed by atoms with Crippen LogP contribution in [0.3, 0.4) is 0 Å². The molecule has 152 valence electrons. The Hall–Kier alpha value is -1.02. The molecule has 2 unspecified atom stereocenters. The van der Waals surface area contributed by atoms with Crippen LogP contribution in [0.1, 0.15) is 84.6 Å². The van der Waals surface area contributed by atoms with Crippen molar-refractivity contribution in [3.05, 3.63) is 35.8 Å². The minimum atomic E-state index is 0.318. The number of hydrogen-bond donors (Lipinski definition) is 1. The van der Waals surface area contributed by atoms with Crippen LogP contribution in [-0.2, 0) is 6.42 Å². The lowest BCUT2D eigenvalue weighted by molar-refractivity contribution is 0.0721. The molecule has 2 aliphatic carbocycles. The first-order chi connectivity index (χ1) is 12.9. The fourth-order valence-corrected chi connectivity index (χ4v) is 5.79. The van der Waals surface area contributed by atoms with Crippen molar-refractivity contribution < 1.29 is 9.52 Å². The number of rotatable bonds is 8. The highest BCUT2D eigenvalue weighted by Crippen LogP contribution is 2.58. The Morgan fingerprint density at radius 1 is 1.22 bits per heavy atom. The van der Waals surface area contributed by atoms with E-state index in [0.717, 1.165) is 37.5 Å². The molecule has 0 bridgehead atoms. The molecule has 2 aliphatic rings. The maximum atomic E-state index is 9.94. The van der Waals surface area contributed by atoms with E-state index in [4.69, 9.17) is 4.42 Å². The lowest BCUT2D eigenvalue weighted by atomic mass is 9.52. The summed E-state index contributed by atoms with van der Waals surface area (Å²) >= 11 is 0. The van der Waals surface area contributed by atoms with E-state index in [9.17, 15) is 5.11 Å². The van der Waals surface area contributed by atoms with Crippen LogP contribution < -0.4 is 0 Å². The average Bonchev–Trinajstić information content (AvgIpc) is 3.14. The van der Waals surface area contributed by atoms with Crippen LogP contribution in [0.5, 0.6) is 0 Å². The van der Waals surface area contributed by atoms with E-state index in [0.29, 0.717) is 23.4 Å². The summed E-state index contributed by atoms with van der Waals surface area (Å²) < 4.78 is 5.16. The monoisotopic (exact) mass is 372 g/mol. The summed E-state index contributed by atoms with van der Waals surface area (Å²) in [5.41, 5.74) is 3.80. The summed E-state index contributed by atoms with van der Waals surface area (Å²) in [5, 5.41) is 9.94. The molecule has 1 aromatic rings. The van der Waals surface area contributed by atoms with Crippen molar-refractivity contribution >= 4 is 0 Å². The quantitative estimate of drug-likeness (QED) is 0.510. The molecule has 0 aromatic carbocycles. The topological polar surface area (TPSA) is 33.4 Å². The van der Waals surface area contributed by atoms with Crippen LogP contribution in [0.2, 0.25) is 0 Å². The molecule has 1 fully saturated rings. The van der Waals surface area contributed by atoms with Gasteiger partial charge in [0.25, 0.3) is 0 Å². The van der Waals surface area contributed by atoms with E-state index in [1.54, 1.807) is 11.8 Å². The third-order valence-corrected chi connectivity index (χ3v) is 8.10. The van der Waals surface area contributed by atoms with Crippen LogP contribution in [0, 0.1) is 28.6 Å². The van der Waals surface area contributed by atoms with Gasteiger partial charge in [-0.25, -0.2) is 0 Å². The Morgan fingerprint density at radius 3 is 2.74 bits per heavy atom. The Bertz CT molecular complexity index is 612. The normalized spacial score (nSPS) is 31.2. The fourth-order valence-electron chi connectivity index (χ4n) is 5.79. The number of aliphatic hydroxyl groups is 1. The molecule has 3 rings (SSSR count). The lowest BCUT2D eigenvalue weighted by Crippen LogP contribution is -2.43. The second-order valence-electron chi connectivity index (χ2n) is 10.2. The Morgan fingerprint density at radius 2 is 2.04 bits per heavy atom. The molecule has 27 heavy (non-hydrogen) atoms. The predicted molar refractivity (Wildman–Crippen MR) is 113 cm³/mol. The fraction of sp³-hybridized carbons (Fsp3) is 0.760. The maximum Gasteiger partial charge on any atom is 0.0934 e. The van der Waals surface area contributed by atoms with Gasteiger partial charge in [0.05, 0.1) is 12.5 Å². The number of aliphatic hydroxyl groups excluding tert-OH is 1. The van der Waals surface area contributed by atoms with Gasteiger partial charge in [-0.15, -0.1) is 0 Å². The van der Waals surface area contributed by atoms with Crippen molar-refractivity contribution in [2.75, 3.05) is 6.61 Å². The average molecular weight is 373 g/mol. The number of fused-ring (bicyclic) bond motifs is 1. The van der Waals surface area contributed by atoms with E-state index < -0.39 is 0 Å². The standard InChI is InChI=1S/C25H40O2/c1-19-10-11-22-23(9-6-14-24(22,2)3)25(19,4)15-12-20(17-26)7-5-8-21-13-16-27-18-21/h9,13,16,18-20,22,26H,5-8,10-12,14-15,17H2,1-4H3/t19?,20?,22-,25-/m0/s1. The molecular weight excluding hydrogens is 332 g/mol. The Labute approximate surface area is 166 Å². The van der Waals surface area contributed by atoms with E-state index in [1.165, 1.54) is 37.7 Å². The number of hydrogen-bond acceptors (Lipinski definition) is 2. The second kappa shape index (κ2) is 8.55. The number of aryl methyl sites for hydroxylation is 1. The van der Waals surface area contributed by atoms with Gasteiger partial charge >= 0.3 is 0 Å². The molecule has 2 heteroatoms. The largest absolute Gasteiger partial charge is 0.472 e. The van der Waals surface area contributed by atoms with Gasteiger partial charge < -0.3 is 9.52 Å². The smallest absolute Gasteiger partial charge is 0.0934 e. The third-order valence-electron chi connectivity index (χ3n) is 8.10. The van der Waals surface area contributed by atoms with Crippen LogP contribution >= 0.6 is 0 Å². The SMILES string of the molecule is CC1CC[C@H]2C(=CCCC2(C)C)[C@@]1(C)CCC(CO)CCCc1ccoc1. The first kappa shape index (κ1) is 20.7. The van der Waals surface area contributed by atoms with Gasteiger partial charge in [0.2, 0.25) is 0 Å². The molecule has 0 saturated heterocycles. The van der Waals surface area contributed by atoms with Crippen LogP contribution in [0.15, 0.2) is 34.7 Å². The molecule has 4 atom stereocenters. The third kappa shape index (κ3) is 4.53. The molecule has 1 heterocycles. The summed E-state index contributed by atoms with van der Waals surface area (Å²) in [4.78, 5) is 0. The minimum absolute atomic E-state index is 0.318. The lowest BCUT2D eigenvalue weighted by Gasteiger charge is -2.53. The van der Waals surface area contributed by atoms with E-state index in [2.05, 4.69) is 39.8 Å².